The van der Waals surface area contributed by atoms with Gasteiger partial charge < -0.3 is 9.47 Å². The van der Waals surface area contributed by atoms with Gasteiger partial charge in [-0.3, -0.25) is 4.31 Å². The molecular weight excluding hydrogens is 393 g/mol. The van der Waals surface area contributed by atoms with Gasteiger partial charge in [-0.2, -0.15) is 0 Å². The lowest BCUT2D eigenvalue weighted by Crippen LogP contribution is -2.30. The Balaban J connectivity index is 2.10. The van der Waals surface area contributed by atoms with Gasteiger partial charge in [0.1, 0.15) is 5.82 Å². The highest BCUT2D eigenvalue weighted by molar-refractivity contribution is 7.92. The Morgan fingerprint density at radius 3 is 2.07 bits per heavy atom. The van der Waals surface area contributed by atoms with Crippen LogP contribution in [0.25, 0.3) is 0 Å². The van der Waals surface area contributed by atoms with Crippen LogP contribution in [0.4, 0.5) is 10.1 Å². The van der Waals surface area contributed by atoms with E-state index < -0.39 is 15.8 Å². The third-order valence-electron chi connectivity index (χ3n) is 4.50. The number of sulfonamides is 1. The van der Waals surface area contributed by atoms with Crippen LogP contribution in [-0.2, 0) is 16.6 Å². The van der Waals surface area contributed by atoms with Gasteiger partial charge in [0.05, 0.1) is 31.3 Å². The molecule has 0 radical (unpaired) electrons. The number of nitrogens with zero attached hydrogens (tertiary/aromatic N) is 1. The molecule has 29 heavy (non-hydrogen) atoms. The second kappa shape index (κ2) is 8.53. The van der Waals surface area contributed by atoms with E-state index in [1.807, 2.05) is 31.2 Å². The van der Waals surface area contributed by atoms with Crippen molar-refractivity contribution in [1.82, 2.24) is 0 Å². The van der Waals surface area contributed by atoms with Crippen molar-refractivity contribution in [3.63, 3.8) is 0 Å². The van der Waals surface area contributed by atoms with E-state index in [4.69, 9.17) is 9.47 Å². The first-order chi connectivity index (χ1) is 13.8. The largest absolute Gasteiger partial charge is 0.493 e. The molecule has 152 valence electrons. The number of aryl methyl sites for hydroxylation is 1. The van der Waals surface area contributed by atoms with Gasteiger partial charge in [0.15, 0.2) is 11.5 Å². The van der Waals surface area contributed by atoms with Crippen LogP contribution >= 0.6 is 0 Å². The van der Waals surface area contributed by atoms with E-state index in [1.54, 1.807) is 18.2 Å². The zero-order valence-electron chi connectivity index (χ0n) is 16.4. The lowest BCUT2D eigenvalue weighted by Gasteiger charge is -2.25. The standard InChI is InChI=1S/C22H22FNO4S/c1-16-4-6-17(7-5-16)15-24(19-10-13-21(27-2)22(14-19)28-3)29(25,26)20-11-8-18(23)9-12-20/h4-14H,15H2,1-3H3. The van der Waals surface area contributed by atoms with Crippen LogP contribution in [0, 0.1) is 12.7 Å². The maximum atomic E-state index is 13.4. The summed E-state index contributed by atoms with van der Waals surface area (Å²) in [6.45, 7) is 2.07. The maximum absolute atomic E-state index is 13.4. The molecule has 0 spiro atoms. The molecule has 0 bridgehead atoms. The van der Waals surface area contributed by atoms with Crippen molar-refractivity contribution in [2.45, 2.75) is 18.4 Å². The number of halogens is 1. The molecule has 0 aliphatic rings. The highest BCUT2D eigenvalue weighted by Gasteiger charge is 2.26. The average Bonchev–Trinajstić information content (AvgIpc) is 2.73. The van der Waals surface area contributed by atoms with Crippen molar-refractivity contribution in [1.29, 1.82) is 0 Å². The van der Waals surface area contributed by atoms with Gasteiger partial charge in [0.2, 0.25) is 0 Å². The van der Waals surface area contributed by atoms with Gasteiger partial charge >= 0.3 is 0 Å². The first kappa shape index (κ1) is 20.7. The van der Waals surface area contributed by atoms with Gasteiger partial charge in [0.25, 0.3) is 10.0 Å². The predicted octanol–water partition coefficient (Wildman–Crippen LogP) is 4.55. The molecule has 0 aliphatic carbocycles. The molecule has 0 aromatic heterocycles. The zero-order chi connectivity index (χ0) is 21.0. The lowest BCUT2D eigenvalue weighted by molar-refractivity contribution is 0.355. The van der Waals surface area contributed by atoms with Crippen molar-refractivity contribution >= 4 is 15.7 Å². The van der Waals surface area contributed by atoms with Crippen molar-refractivity contribution in [3.8, 4) is 11.5 Å². The number of methoxy groups -OCH3 is 2. The fourth-order valence-electron chi connectivity index (χ4n) is 2.89. The summed E-state index contributed by atoms with van der Waals surface area (Å²) in [5.41, 5.74) is 2.30. The Morgan fingerprint density at radius 2 is 1.48 bits per heavy atom. The second-order valence-corrected chi connectivity index (χ2v) is 8.35. The monoisotopic (exact) mass is 415 g/mol. The van der Waals surface area contributed by atoms with Gasteiger partial charge in [-0.25, -0.2) is 12.8 Å². The van der Waals surface area contributed by atoms with Gasteiger partial charge in [-0.1, -0.05) is 29.8 Å². The van der Waals surface area contributed by atoms with Gasteiger partial charge in [-0.05, 0) is 48.9 Å². The summed E-state index contributed by atoms with van der Waals surface area (Å²) in [7, 11) is -0.956. The Hall–Kier alpha value is -3.06. The third-order valence-corrected chi connectivity index (χ3v) is 6.29. The summed E-state index contributed by atoms with van der Waals surface area (Å²) in [5.74, 6) is 0.402. The number of rotatable bonds is 7. The molecular formula is C22H22FNO4S. The van der Waals surface area contributed by atoms with E-state index in [0.717, 1.165) is 23.3 Å². The van der Waals surface area contributed by atoms with Gasteiger partial charge in [0, 0.05) is 6.07 Å². The minimum Gasteiger partial charge on any atom is -0.493 e. The smallest absolute Gasteiger partial charge is 0.264 e. The van der Waals surface area contributed by atoms with Crippen LogP contribution in [0.2, 0.25) is 0 Å². The van der Waals surface area contributed by atoms with Gasteiger partial charge in [-0.15, -0.1) is 0 Å². The average molecular weight is 415 g/mol. The molecule has 0 fully saturated rings. The Kier molecular flexibility index (Phi) is 6.08. The van der Waals surface area contributed by atoms with E-state index in [9.17, 15) is 12.8 Å². The number of benzene rings is 3. The lowest BCUT2D eigenvalue weighted by atomic mass is 10.1. The molecule has 0 atom stereocenters. The predicted molar refractivity (Wildman–Crippen MR) is 110 cm³/mol. The fraction of sp³-hybridized carbons (Fsp3) is 0.182. The van der Waals surface area contributed by atoms with Crippen LogP contribution in [0.5, 0.6) is 11.5 Å². The van der Waals surface area contributed by atoms with Crippen LogP contribution in [0.15, 0.2) is 71.6 Å². The van der Waals surface area contributed by atoms with Crippen LogP contribution < -0.4 is 13.8 Å². The summed E-state index contributed by atoms with van der Waals surface area (Å²) in [6, 6.07) is 17.3. The number of hydrogen-bond donors (Lipinski definition) is 0. The topological polar surface area (TPSA) is 55.8 Å². The summed E-state index contributed by atoms with van der Waals surface area (Å²) >= 11 is 0. The zero-order valence-corrected chi connectivity index (χ0v) is 17.2. The second-order valence-electron chi connectivity index (χ2n) is 6.49. The molecule has 0 aliphatic heterocycles. The number of hydrogen-bond acceptors (Lipinski definition) is 4. The third kappa shape index (κ3) is 4.51. The molecule has 0 heterocycles. The Bertz CT molecular complexity index is 1080. The van der Waals surface area contributed by atoms with Crippen LogP contribution in [0.1, 0.15) is 11.1 Å². The molecule has 5 nitrogen and oxygen atoms in total. The van der Waals surface area contributed by atoms with Crippen molar-refractivity contribution in [2.75, 3.05) is 18.5 Å². The molecule has 0 unspecified atom stereocenters. The molecule has 0 saturated carbocycles. The van der Waals surface area contributed by atoms with Crippen molar-refractivity contribution in [2.24, 2.45) is 0 Å². The maximum Gasteiger partial charge on any atom is 0.264 e. The summed E-state index contributed by atoms with van der Waals surface area (Å²) in [4.78, 5) is 0.000738. The van der Waals surface area contributed by atoms with E-state index in [2.05, 4.69) is 0 Å². The molecule has 0 amide bonds. The number of anilines is 1. The van der Waals surface area contributed by atoms with E-state index in [0.29, 0.717) is 17.2 Å². The Labute approximate surface area is 170 Å². The highest BCUT2D eigenvalue weighted by atomic mass is 32.2. The van der Waals surface area contributed by atoms with E-state index in [-0.39, 0.29) is 11.4 Å². The highest BCUT2D eigenvalue weighted by Crippen LogP contribution is 2.34. The quantitative estimate of drug-likeness (QED) is 0.568. The first-order valence-electron chi connectivity index (χ1n) is 8.91. The van der Waals surface area contributed by atoms with Crippen LogP contribution in [0.3, 0.4) is 0 Å². The SMILES string of the molecule is COc1ccc(N(Cc2ccc(C)cc2)S(=O)(=O)c2ccc(F)cc2)cc1OC. The fourth-order valence-corrected chi connectivity index (χ4v) is 4.33. The minimum absolute atomic E-state index is 0.000738. The van der Waals surface area contributed by atoms with E-state index >= 15 is 0 Å². The molecule has 3 aromatic rings. The minimum atomic E-state index is -3.95. The normalized spacial score (nSPS) is 11.2. The van der Waals surface area contributed by atoms with E-state index in [1.165, 1.54) is 30.7 Å². The first-order valence-corrected chi connectivity index (χ1v) is 10.3. The summed E-state index contributed by atoms with van der Waals surface area (Å²) in [6.07, 6.45) is 0. The van der Waals surface area contributed by atoms with Crippen LogP contribution in [-0.4, -0.2) is 22.6 Å². The molecule has 3 rings (SSSR count). The summed E-state index contributed by atoms with van der Waals surface area (Å²) in [5, 5.41) is 0. The molecule has 0 saturated heterocycles. The van der Waals surface area contributed by atoms with Crippen molar-refractivity contribution < 1.29 is 22.3 Å². The summed E-state index contributed by atoms with van der Waals surface area (Å²) < 4.78 is 52.0. The number of ether oxygens (including phenoxy) is 2. The molecule has 7 heteroatoms. The Morgan fingerprint density at radius 1 is 0.862 bits per heavy atom. The molecule has 3 aromatic carbocycles. The molecule has 0 N–H and O–H groups in total. The van der Waals surface area contributed by atoms with Crippen molar-refractivity contribution in [3.05, 3.63) is 83.7 Å².